The monoisotopic (exact) mass is 289 g/mol. The molecule has 4 nitrogen and oxygen atoms in total. The largest absolute Gasteiger partial charge is 0.335 e. The highest BCUT2D eigenvalue weighted by molar-refractivity contribution is 6.21. The summed E-state index contributed by atoms with van der Waals surface area (Å²) in [7, 11) is 0. The lowest BCUT2D eigenvalue weighted by atomic mass is 10.1. The number of halogens is 1. The summed E-state index contributed by atoms with van der Waals surface area (Å²) in [6.45, 7) is 1.91. The Balaban J connectivity index is 1.96. The highest BCUT2D eigenvalue weighted by Crippen LogP contribution is 2.33. The minimum atomic E-state index is -0.131. The van der Waals surface area contributed by atoms with Crippen molar-refractivity contribution in [1.82, 2.24) is 9.55 Å². The lowest BCUT2D eigenvalue weighted by Crippen LogP contribution is -2.22. The van der Waals surface area contributed by atoms with Gasteiger partial charge in [-0.05, 0) is 31.4 Å². The summed E-state index contributed by atoms with van der Waals surface area (Å²) >= 11 is 6.16. The van der Waals surface area contributed by atoms with Crippen LogP contribution in [0.1, 0.15) is 36.7 Å². The standard InChI is InChI=1S/C15H16ClN3O/c1-10(16)12-4-2-3-5-13(12)18-14-15(20)19(9-8-17-14)11-6-7-11/h2-5,8-11H,6-7H2,1H3,(H,17,18). The number of aromatic nitrogens is 2. The zero-order valence-corrected chi connectivity index (χ0v) is 12.0. The van der Waals surface area contributed by atoms with Gasteiger partial charge in [-0.1, -0.05) is 18.2 Å². The van der Waals surface area contributed by atoms with Gasteiger partial charge in [-0.2, -0.15) is 0 Å². The maximum atomic E-state index is 12.3. The van der Waals surface area contributed by atoms with Crippen LogP contribution in [-0.4, -0.2) is 9.55 Å². The highest BCUT2D eigenvalue weighted by Gasteiger charge is 2.25. The van der Waals surface area contributed by atoms with Gasteiger partial charge in [0, 0.05) is 24.1 Å². The molecule has 0 aliphatic heterocycles. The van der Waals surface area contributed by atoms with Crippen molar-refractivity contribution in [3.05, 3.63) is 52.6 Å². The third-order valence-electron chi connectivity index (χ3n) is 3.45. The Morgan fingerprint density at radius 2 is 2.15 bits per heavy atom. The van der Waals surface area contributed by atoms with Crippen molar-refractivity contribution in [3.63, 3.8) is 0 Å². The number of para-hydroxylation sites is 1. The zero-order valence-electron chi connectivity index (χ0n) is 11.2. The second-order valence-corrected chi connectivity index (χ2v) is 5.70. The summed E-state index contributed by atoms with van der Waals surface area (Å²) in [6, 6.07) is 8.04. The van der Waals surface area contributed by atoms with Crippen LogP contribution in [0.2, 0.25) is 0 Å². The van der Waals surface area contributed by atoms with Crippen LogP contribution in [0, 0.1) is 0 Å². The van der Waals surface area contributed by atoms with Gasteiger partial charge in [0.1, 0.15) is 0 Å². The number of hydrogen-bond donors (Lipinski definition) is 1. The summed E-state index contributed by atoms with van der Waals surface area (Å²) in [4.78, 5) is 16.5. The van der Waals surface area contributed by atoms with E-state index in [0.29, 0.717) is 11.9 Å². The van der Waals surface area contributed by atoms with Crippen LogP contribution in [-0.2, 0) is 0 Å². The van der Waals surface area contributed by atoms with Crippen LogP contribution in [0.25, 0.3) is 0 Å². The molecule has 0 saturated heterocycles. The second-order valence-electron chi connectivity index (χ2n) is 5.05. The molecule has 0 radical (unpaired) electrons. The van der Waals surface area contributed by atoms with E-state index in [4.69, 9.17) is 11.6 Å². The molecule has 5 heteroatoms. The Bertz CT molecular complexity index is 677. The van der Waals surface area contributed by atoms with Crippen LogP contribution < -0.4 is 10.9 Å². The number of rotatable bonds is 4. The molecule has 1 atom stereocenters. The number of nitrogens with one attached hydrogen (secondary N) is 1. The summed E-state index contributed by atoms with van der Waals surface area (Å²) in [5.41, 5.74) is 1.71. The Hall–Kier alpha value is -1.81. The summed E-state index contributed by atoms with van der Waals surface area (Å²) in [5.74, 6) is 0.351. The van der Waals surface area contributed by atoms with Crippen LogP contribution in [0.5, 0.6) is 0 Å². The van der Waals surface area contributed by atoms with Gasteiger partial charge in [0.25, 0.3) is 5.56 Å². The molecule has 1 fully saturated rings. The van der Waals surface area contributed by atoms with E-state index in [0.717, 1.165) is 24.1 Å². The smallest absolute Gasteiger partial charge is 0.293 e. The molecule has 1 aliphatic rings. The van der Waals surface area contributed by atoms with E-state index in [1.165, 1.54) is 0 Å². The van der Waals surface area contributed by atoms with Gasteiger partial charge in [-0.25, -0.2) is 4.98 Å². The van der Waals surface area contributed by atoms with Gasteiger partial charge in [-0.15, -0.1) is 11.6 Å². The van der Waals surface area contributed by atoms with Gasteiger partial charge in [-0.3, -0.25) is 4.79 Å². The first-order chi connectivity index (χ1) is 9.66. The Kier molecular flexibility index (Phi) is 3.49. The van der Waals surface area contributed by atoms with Crippen LogP contribution in [0.15, 0.2) is 41.5 Å². The van der Waals surface area contributed by atoms with Gasteiger partial charge >= 0.3 is 0 Å². The lowest BCUT2D eigenvalue weighted by molar-refractivity contribution is 0.701. The molecular formula is C15H16ClN3O. The molecule has 1 saturated carbocycles. The normalized spacial score (nSPS) is 15.9. The van der Waals surface area contributed by atoms with E-state index < -0.39 is 0 Å². The van der Waals surface area contributed by atoms with Crippen molar-refractivity contribution in [2.75, 3.05) is 5.32 Å². The molecule has 20 heavy (non-hydrogen) atoms. The first-order valence-electron chi connectivity index (χ1n) is 6.74. The van der Waals surface area contributed by atoms with Gasteiger partial charge in [0.05, 0.1) is 5.38 Å². The molecule has 0 bridgehead atoms. The molecule has 1 aliphatic carbocycles. The number of nitrogens with zero attached hydrogens (tertiary/aromatic N) is 2. The molecule has 1 unspecified atom stereocenters. The predicted molar refractivity (Wildman–Crippen MR) is 80.8 cm³/mol. The summed E-state index contributed by atoms with van der Waals surface area (Å²) in [6.07, 6.45) is 5.55. The molecule has 104 valence electrons. The maximum absolute atomic E-state index is 12.3. The molecule has 2 aromatic rings. The summed E-state index contributed by atoms with van der Waals surface area (Å²) in [5, 5.41) is 2.98. The molecule has 3 rings (SSSR count). The Morgan fingerprint density at radius 1 is 1.40 bits per heavy atom. The molecule has 1 aromatic carbocycles. The quantitative estimate of drug-likeness (QED) is 0.875. The van der Waals surface area contributed by atoms with Gasteiger partial charge in [0.15, 0.2) is 5.82 Å². The molecule has 0 amide bonds. The van der Waals surface area contributed by atoms with E-state index in [1.54, 1.807) is 17.0 Å². The van der Waals surface area contributed by atoms with Crippen molar-refractivity contribution >= 4 is 23.1 Å². The Morgan fingerprint density at radius 3 is 2.85 bits per heavy atom. The van der Waals surface area contributed by atoms with E-state index in [2.05, 4.69) is 10.3 Å². The zero-order chi connectivity index (χ0) is 14.1. The topological polar surface area (TPSA) is 46.9 Å². The molecular weight excluding hydrogens is 274 g/mol. The van der Waals surface area contributed by atoms with Gasteiger partial charge in [0.2, 0.25) is 0 Å². The van der Waals surface area contributed by atoms with E-state index in [9.17, 15) is 4.79 Å². The van der Waals surface area contributed by atoms with Crippen LogP contribution in [0.4, 0.5) is 11.5 Å². The Labute approximate surface area is 122 Å². The fourth-order valence-corrected chi connectivity index (χ4v) is 2.43. The average Bonchev–Trinajstić information content (AvgIpc) is 3.26. The summed E-state index contributed by atoms with van der Waals surface area (Å²) < 4.78 is 1.75. The number of hydrogen-bond acceptors (Lipinski definition) is 3. The third-order valence-corrected chi connectivity index (χ3v) is 3.69. The van der Waals surface area contributed by atoms with Crippen molar-refractivity contribution in [3.8, 4) is 0 Å². The highest BCUT2D eigenvalue weighted by atomic mass is 35.5. The van der Waals surface area contributed by atoms with Crippen LogP contribution in [0.3, 0.4) is 0 Å². The molecule has 1 N–H and O–H groups in total. The fourth-order valence-electron chi connectivity index (χ4n) is 2.24. The first kappa shape index (κ1) is 13.2. The minimum absolute atomic E-state index is 0.0768. The van der Waals surface area contributed by atoms with Gasteiger partial charge < -0.3 is 9.88 Å². The van der Waals surface area contributed by atoms with E-state index in [1.807, 2.05) is 31.2 Å². The van der Waals surface area contributed by atoms with Crippen molar-refractivity contribution in [2.45, 2.75) is 31.2 Å². The fraction of sp³-hybridized carbons (Fsp3) is 0.333. The second kappa shape index (κ2) is 5.29. The maximum Gasteiger partial charge on any atom is 0.293 e. The first-order valence-corrected chi connectivity index (χ1v) is 7.17. The van der Waals surface area contributed by atoms with Crippen molar-refractivity contribution in [1.29, 1.82) is 0 Å². The lowest BCUT2D eigenvalue weighted by Gasteiger charge is -2.13. The number of anilines is 2. The number of alkyl halides is 1. The minimum Gasteiger partial charge on any atom is -0.335 e. The third kappa shape index (κ3) is 2.56. The average molecular weight is 290 g/mol. The molecule has 1 aromatic heterocycles. The molecule has 1 heterocycles. The van der Waals surface area contributed by atoms with Crippen molar-refractivity contribution in [2.24, 2.45) is 0 Å². The predicted octanol–water partition coefficient (Wildman–Crippen LogP) is 3.62. The number of benzene rings is 1. The van der Waals surface area contributed by atoms with Crippen LogP contribution >= 0.6 is 11.6 Å². The van der Waals surface area contributed by atoms with E-state index >= 15 is 0 Å². The SMILES string of the molecule is CC(Cl)c1ccccc1Nc1nccn(C2CC2)c1=O. The van der Waals surface area contributed by atoms with Crippen molar-refractivity contribution < 1.29 is 0 Å². The molecule has 0 spiro atoms. The van der Waals surface area contributed by atoms with E-state index in [-0.39, 0.29) is 10.9 Å².